The lowest BCUT2D eigenvalue weighted by molar-refractivity contribution is 0.352. The molecule has 0 aliphatic carbocycles. The quantitative estimate of drug-likeness (QED) is 0.865. The van der Waals surface area contributed by atoms with Crippen molar-refractivity contribution in [2.75, 3.05) is 14.1 Å². The topological polar surface area (TPSA) is 62.4 Å². The molecule has 2 rings (SSSR count). The number of phenols is 1. The maximum Gasteiger partial charge on any atom is 0.231 e. The first-order valence-corrected chi connectivity index (χ1v) is 5.37. The van der Waals surface area contributed by atoms with Crippen LogP contribution in [-0.2, 0) is 13.0 Å². The Morgan fingerprint density at radius 1 is 1.24 bits per heavy atom. The molecule has 0 fully saturated rings. The third-order valence-corrected chi connectivity index (χ3v) is 2.26. The van der Waals surface area contributed by atoms with E-state index in [0.29, 0.717) is 24.7 Å². The van der Waals surface area contributed by atoms with E-state index in [2.05, 4.69) is 10.1 Å². The molecule has 0 saturated heterocycles. The van der Waals surface area contributed by atoms with Gasteiger partial charge in [0.15, 0.2) is 5.82 Å². The van der Waals surface area contributed by atoms with E-state index in [-0.39, 0.29) is 5.75 Å². The van der Waals surface area contributed by atoms with Gasteiger partial charge in [-0.1, -0.05) is 17.3 Å². The van der Waals surface area contributed by atoms with Crippen LogP contribution < -0.4 is 0 Å². The second-order valence-electron chi connectivity index (χ2n) is 4.19. The van der Waals surface area contributed by atoms with E-state index in [1.165, 1.54) is 0 Å². The summed E-state index contributed by atoms with van der Waals surface area (Å²) in [6.45, 7) is 0.666. The van der Waals surface area contributed by atoms with Crippen LogP contribution in [0.3, 0.4) is 0 Å². The van der Waals surface area contributed by atoms with Gasteiger partial charge in [-0.05, 0) is 31.8 Å². The minimum absolute atomic E-state index is 0.257. The lowest BCUT2D eigenvalue weighted by Gasteiger charge is -2.03. The summed E-state index contributed by atoms with van der Waals surface area (Å²) in [5, 5.41) is 13.1. The number of hydrogen-bond acceptors (Lipinski definition) is 5. The van der Waals surface area contributed by atoms with Crippen LogP contribution in [0.15, 0.2) is 28.8 Å². The number of phenolic OH excluding ortho intramolecular Hbond substituents is 1. The van der Waals surface area contributed by atoms with E-state index < -0.39 is 0 Å². The van der Waals surface area contributed by atoms with Crippen LogP contribution in [0, 0.1) is 0 Å². The molecular formula is C12H15N3O2. The minimum Gasteiger partial charge on any atom is -0.508 e. The van der Waals surface area contributed by atoms with Gasteiger partial charge >= 0.3 is 0 Å². The first kappa shape index (κ1) is 11.6. The number of rotatable bonds is 4. The lowest BCUT2D eigenvalue weighted by Crippen LogP contribution is -2.11. The van der Waals surface area contributed by atoms with E-state index in [1.54, 1.807) is 12.1 Å². The highest BCUT2D eigenvalue weighted by Crippen LogP contribution is 2.13. The monoisotopic (exact) mass is 233 g/mol. The van der Waals surface area contributed by atoms with E-state index in [0.717, 1.165) is 5.56 Å². The van der Waals surface area contributed by atoms with Gasteiger partial charge in [-0.2, -0.15) is 4.98 Å². The highest BCUT2D eigenvalue weighted by Gasteiger charge is 2.07. The number of aromatic hydroxyl groups is 1. The molecule has 0 amide bonds. The molecule has 0 bridgehead atoms. The highest BCUT2D eigenvalue weighted by atomic mass is 16.5. The van der Waals surface area contributed by atoms with Crippen LogP contribution in [0.2, 0.25) is 0 Å². The van der Waals surface area contributed by atoms with Crippen LogP contribution in [0.4, 0.5) is 0 Å². The maximum atomic E-state index is 9.17. The Kier molecular flexibility index (Phi) is 3.39. The predicted molar refractivity (Wildman–Crippen MR) is 62.6 cm³/mol. The Balaban J connectivity index is 2.03. The molecule has 0 atom stereocenters. The summed E-state index contributed by atoms with van der Waals surface area (Å²) >= 11 is 0. The van der Waals surface area contributed by atoms with Gasteiger partial charge in [0.1, 0.15) is 5.75 Å². The summed E-state index contributed by atoms with van der Waals surface area (Å²) in [6, 6.07) is 6.97. The average Bonchev–Trinajstić information content (AvgIpc) is 2.68. The molecule has 0 aliphatic rings. The third kappa shape index (κ3) is 3.29. The predicted octanol–water partition coefficient (Wildman–Crippen LogP) is 1.43. The SMILES string of the molecule is CN(C)Cc1noc(Cc2ccc(O)cc2)n1. The summed E-state index contributed by atoms with van der Waals surface area (Å²) in [6.07, 6.45) is 0.584. The zero-order valence-corrected chi connectivity index (χ0v) is 9.92. The standard InChI is InChI=1S/C12H15N3O2/c1-15(2)8-11-13-12(17-14-11)7-9-3-5-10(16)6-4-9/h3-6,16H,7-8H2,1-2H3. The van der Waals surface area contributed by atoms with Crippen molar-refractivity contribution in [1.29, 1.82) is 0 Å². The molecule has 1 aromatic heterocycles. The normalized spacial score (nSPS) is 11.0. The second kappa shape index (κ2) is 4.97. The van der Waals surface area contributed by atoms with Crippen molar-refractivity contribution < 1.29 is 9.63 Å². The molecule has 0 spiro atoms. The molecular weight excluding hydrogens is 218 g/mol. The van der Waals surface area contributed by atoms with Crippen molar-refractivity contribution in [2.24, 2.45) is 0 Å². The zero-order chi connectivity index (χ0) is 12.3. The molecule has 0 aliphatic heterocycles. The number of aromatic nitrogens is 2. The van der Waals surface area contributed by atoms with E-state index >= 15 is 0 Å². The molecule has 2 aromatic rings. The van der Waals surface area contributed by atoms with Crippen molar-refractivity contribution in [1.82, 2.24) is 15.0 Å². The molecule has 5 heteroatoms. The summed E-state index contributed by atoms with van der Waals surface area (Å²) in [5.74, 6) is 1.53. The molecule has 0 radical (unpaired) electrons. The number of hydrogen-bond donors (Lipinski definition) is 1. The Morgan fingerprint density at radius 3 is 2.59 bits per heavy atom. The van der Waals surface area contributed by atoms with Gasteiger partial charge in [0.2, 0.25) is 5.89 Å². The van der Waals surface area contributed by atoms with Crippen LogP contribution in [0.25, 0.3) is 0 Å². The average molecular weight is 233 g/mol. The van der Waals surface area contributed by atoms with Crippen molar-refractivity contribution in [3.8, 4) is 5.75 Å². The Hall–Kier alpha value is -1.88. The summed E-state index contributed by atoms with van der Waals surface area (Å²) < 4.78 is 5.15. The minimum atomic E-state index is 0.257. The molecule has 1 heterocycles. The zero-order valence-electron chi connectivity index (χ0n) is 9.92. The fourth-order valence-electron chi connectivity index (χ4n) is 1.50. The van der Waals surface area contributed by atoms with Gasteiger partial charge in [0.25, 0.3) is 0 Å². The fraction of sp³-hybridized carbons (Fsp3) is 0.333. The van der Waals surface area contributed by atoms with E-state index in [4.69, 9.17) is 9.63 Å². The summed E-state index contributed by atoms with van der Waals surface area (Å²) in [5.41, 5.74) is 1.03. The van der Waals surface area contributed by atoms with Gasteiger partial charge in [-0.15, -0.1) is 0 Å². The first-order valence-electron chi connectivity index (χ1n) is 5.37. The molecule has 90 valence electrons. The number of benzene rings is 1. The van der Waals surface area contributed by atoms with Crippen LogP contribution in [-0.4, -0.2) is 34.2 Å². The summed E-state index contributed by atoms with van der Waals surface area (Å²) in [7, 11) is 3.91. The van der Waals surface area contributed by atoms with Crippen LogP contribution in [0.5, 0.6) is 5.75 Å². The molecule has 0 unspecified atom stereocenters. The van der Waals surface area contributed by atoms with Crippen LogP contribution in [0.1, 0.15) is 17.3 Å². The van der Waals surface area contributed by atoms with Crippen molar-refractivity contribution in [3.63, 3.8) is 0 Å². The Labute approximate surface area is 99.7 Å². The molecule has 17 heavy (non-hydrogen) atoms. The van der Waals surface area contributed by atoms with E-state index in [1.807, 2.05) is 31.1 Å². The molecule has 5 nitrogen and oxygen atoms in total. The summed E-state index contributed by atoms with van der Waals surface area (Å²) in [4.78, 5) is 6.27. The first-order chi connectivity index (χ1) is 8.13. The smallest absolute Gasteiger partial charge is 0.231 e. The van der Waals surface area contributed by atoms with Crippen molar-refractivity contribution in [3.05, 3.63) is 41.5 Å². The lowest BCUT2D eigenvalue weighted by atomic mass is 10.1. The van der Waals surface area contributed by atoms with Crippen LogP contribution >= 0.6 is 0 Å². The largest absolute Gasteiger partial charge is 0.508 e. The maximum absolute atomic E-state index is 9.17. The van der Waals surface area contributed by atoms with Gasteiger partial charge in [-0.3, -0.25) is 0 Å². The third-order valence-electron chi connectivity index (χ3n) is 2.26. The van der Waals surface area contributed by atoms with Gasteiger partial charge in [-0.25, -0.2) is 0 Å². The van der Waals surface area contributed by atoms with Gasteiger partial charge in [0, 0.05) is 0 Å². The molecule has 1 N–H and O–H groups in total. The molecule has 0 saturated carbocycles. The fourth-order valence-corrected chi connectivity index (χ4v) is 1.50. The number of nitrogens with zero attached hydrogens (tertiary/aromatic N) is 3. The van der Waals surface area contributed by atoms with Crippen molar-refractivity contribution in [2.45, 2.75) is 13.0 Å². The van der Waals surface area contributed by atoms with Crippen molar-refractivity contribution >= 4 is 0 Å². The molecule has 1 aromatic carbocycles. The Morgan fingerprint density at radius 2 is 1.94 bits per heavy atom. The van der Waals surface area contributed by atoms with Gasteiger partial charge in [0.05, 0.1) is 13.0 Å². The van der Waals surface area contributed by atoms with Gasteiger partial charge < -0.3 is 14.5 Å². The second-order valence-corrected chi connectivity index (χ2v) is 4.19. The Bertz CT molecular complexity index is 477. The highest BCUT2D eigenvalue weighted by molar-refractivity contribution is 5.27. The van der Waals surface area contributed by atoms with E-state index in [9.17, 15) is 0 Å².